The van der Waals surface area contributed by atoms with Crippen molar-refractivity contribution < 1.29 is 19.0 Å². The number of carbonyl (C=O) groups is 1. The average molecular weight is 354 g/mol. The number of benzene rings is 2. The van der Waals surface area contributed by atoms with Crippen LogP contribution in [0.2, 0.25) is 0 Å². The Morgan fingerprint density at radius 2 is 1.77 bits per heavy atom. The summed E-state index contributed by atoms with van der Waals surface area (Å²) < 4.78 is 16.3. The molecular formula is C22H26O4. The molecule has 0 bridgehead atoms. The zero-order valence-electron chi connectivity index (χ0n) is 16.0. The third kappa shape index (κ3) is 5.12. The number of esters is 1. The first kappa shape index (κ1) is 19.6. The molecule has 0 aromatic heterocycles. The van der Waals surface area contributed by atoms with Gasteiger partial charge in [-0.05, 0) is 42.2 Å². The normalized spacial score (nSPS) is 11.4. The molecule has 138 valence electrons. The van der Waals surface area contributed by atoms with Gasteiger partial charge in [0.25, 0.3) is 0 Å². The Bertz CT molecular complexity index is 785. The van der Waals surface area contributed by atoms with Crippen molar-refractivity contribution in [1.29, 1.82) is 0 Å². The molecule has 0 N–H and O–H groups in total. The van der Waals surface area contributed by atoms with Gasteiger partial charge >= 0.3 is 5.97 Å². The number of hydrogen-bond donors (Lipinski definition) is 0. The van der Waals surface area contributed by atoms with Gasteiger partial charge in [0.05, 0.1) is 13.7 Å². The van der Waals surface area contributed by atoms with Crippen molar-refractivity contribution in [2.75, 3.05) is 13.7 Å². The summed E-state index contributed by atoms with van der Waals surface area (Å²) >= 11 is 0. The molecule has 2 rings (SSSR count). The minimum Gasteiger partial charge on any atom is -0.493 e. The van der Waals surface area contributed by atoms with Crippen molar-refractivity contribution in [3.63, 3.8) is 0 Å². The van der Waals surface area contributed by atoms with Crippen LogP contribution in [0, 0.1) is 0 Å². The quantitative estimate of drug-likeness (QED) is 0.415. The Balaban J connectivity index is 2.14. The molecule has 0 amide bonds. The minimum atomic E-state index is -0.422. The number of carbonyl (C=O) groups excluding carboxylic acids is 1. The fourth-order valence-corrected chi connectivity index (χ4v) is 2.54. The number of methoxy groups -OCH3 is 1. The van der Waals surface area contributed by atoms with Gasteiger partial charge in [-0.3, -0.25) is 0 Å². The second-order valence-corrected chi connectivity index (χ2v) is 6.84. The summed E-state index contributed by atoms with van der Waals surface area (Å²) in [5, 5.41) is 0. The highest BCUT2D eigenvalue weighted by atomic mass is 16.5. The lowest BCUT2D eigenvalue weighted by Gasteiger charge is -2.21. The van der Waals surface area contributed by atoms with Crippen LogP contribution in [0.3, 0.4) is 0 Å². The summed E-state index contributed by atoms with van der Waals surface area (Å²) in [6.45, 7) is 8.73. The van der Waals surface area contributed by atoms with Gasteiger partial charge in [0.15, 0.2) is 11.5 Å². The van der Waals surface area contributed by atoms with Crippen molar-refractivity contribution in [2.45, 2.75) is 33.1 Å². The first-order chi connectivity index (χ1) is 12.3. The van der Waals surface area contributed by atoms with Gasteiger partial charge in [0.1, 0.15) is 5.75 Å². The van der Waals surface area contributed by atoms with Crippen LogP contribution >= 0.6 is 0 Å². The van der Waals surface area contributed by atoms with E-state index in [-0.39, 0.29) is 5.41 Å². The van der Waals surface area contributed by atoms with Crippen molar-refractivity contribution in [2.24, 2.45) is 0 Å². The van der Waals surface area contributed by atoms with Crippen LogP contribution in [0.5, 0.6) is 17.2 Å². The molecule has 0 unspecified atom stereocenters. The third-order valence-corrected chi connectivity index (χ3v) is 3.81. The van der Waals surface area contributed by atoms with Crippen LogP contribution in [-0.2, 0) is 10.2 Å². The molecule has 0 saturated carbocycles. The van der Waals surface area contributed by atoms with E-state index < -0.39 is 5.97 Å². The van der Waals surface area contributed by atoms with Crippen LogP contribution in [0.15, 0.2) is 48.5 Å². The van der Waals surface area contributed by atoms with E-state index in [1.54, 1.807) is 13.2 Å². The van der Waals surface area contributed by atoms with Gasteiger partial charge in [-0.15, -0.1) is 0 Å². The zero-order chi connectivity index (χ0) is 19.2. The van der Waals surface area contributed by atoms with Gasteiger partial charge in [-0.25, -0.2) is 4.79 Å². The predicted molar refractivity (Wildman–Crippen MR) is 104 cm³/mol. The Morgan fingerprint density at radius 1 is 1.04 bits per heavy atom. The fourth-order valence-electron chi connectivity index (χ4n) is 2.54. The standard InChI is InChI=1S/C22H26O4/c1-6-25-19-13-11-16(15-20(19)24-5)12-14-21(23)26-18-10-8-7-9-17(18)22(2,3)4/h7-15H,6H2,1-5H3/b14-12+. The lowest BCUT2D eigenvalue weighted by Crippen LogP contribution is -2.15. The maximum Gasteiger partial charge on any atom is 0.336 e. The molecular weight excluding hydrogens is 328 g/mol. The molecule has 0 spiro atoms. The molecule has 4 nitrogen and oxygen atoms in total. The number of ether oxygens (including phenoxy) is 3. The van der Waals surface area contributed by atoms with E-state index in [4.69, 9.17) is 14.2 Å². The predicted octanol–water partition coefficient (Wildman–Crippen LogP) is 5.01. The molecule has 0 fully saturated rings. The topological polar surface area (TPSA) is 44.8 Å². The maximum atomic E-state index is 12.2. The average Bonchev–Trinajstić information content (AvgIpc) is 2.60. The Kier molecular flexibility index (Phi) is 6.45. The molecule has 0 atom stereocenters. The molecule has 0 heterocycles. The van der Waals surface area contributed by atoms with E-state index >= 15 is 0 Å². The Morgan fingerprint density at radius 3 is 2.42 bits per heavy atom. The molecule has 0 radical (unpaired) electrons. The van der Waals surface area contributed by atoms with Crippen LogP contribution in [-0.4, -0.2) is 19.7 Å². The smallest absolute Gasteiger partial charge is 0.336 e. The third-order valence-electron chi connectivity index (χ3n) is 3.81. The Labute approximate surface area is 155 Å². The van der Waals surface area contributed by atoms with E-state index in [9.17, 15) is 4.79 Å². The number of rotatable bonds is 6. The number of hydrogen-bond acceptors (Lipinski definition) is 4. The first-order valence-corrected chi connectivity index (χ1v) is 8.65. The molecule has 2 aromatic carbocycles. The number of para-hydroxylation sites is 1. The highest BCUT2D eigenvalue weighted by Gasteiger charge is 2.19. The molecule has 0 aliphatic heterocycles. The molecule has 0 aliphatic rings. The summed E-state index contributed by atoms with van der Waals surface area (Å²) in [6, 6.07) is 13.1. The largest absolute Gasteiger partial charge is 0.493 e. The van der Waals surface area contributed by atoms with Crippen LogP contribution in [0.25, 0.3) is 6.08 Å². The van der Waals surface area contributed by atoms with Crippen LogP contribution < -0.4 is 14.2 Å². The molecule has 2 aromatic rings. The monoisotopic (exact) mass is 354 g/mol. The highest BCUT2D eigenvalue weighted by molar-refractivity contribution is 5.89. The molecule has 26 heavy (non-hydrogen) atoms. The highest BCUT2D eigenvalue weighted by Crippen LogP contribution is 2.31. The summed E-state index contributed by atoms with van der Waals surface area (Å²) in [5.41, 5.74) is 1.71. The lowest BCUT2D eigenvalue weighted by atomic mass is 9.86. The van der Waals surface area contributed by atoms with Crippen molar-refractivity contribution in [3.8, 4) is 17.2 Å². The summed E-state index contributed by atoms with van der Waals surface area (Å²) in [6.07, 6.45) is 3.11. The summed E-state index contributed by atoms with van der Waals surface area (Å²) in [5.74, 6) is 1.46. The van der Waals surface area contributed by atoms with Crippen LogP contribution in [0.1, 0.15) is 38.8 Å². The fraction of sp³-hybridized carbons (Fsp3) is 0.318. The molecule has 0 saturated heterocycles. The van der Waals surface area contributed by atoms with Crippen molar-refractivity contribution >= 4 is 12.0 Å². The van der Waals surface area contributed by atoms with Crippen LogP contribution in [0.4, 0.5) is 0 Å². The molecule has 0 aliphatic carbocycles. The van der Waals surface area contributed by atoms with Crippen molar-refractivity contribution in [1.82, 2.24) is 0 Å². The van der Waals surface area contributed by atoms with E-state index in [2.05, 4.69) is 20.8 Å². The molecule has 4 heteroatoms. The summed E-state index contributed by atoms with van der Waals surface area (Å²) in [7, 11) is 1.59. The second-order valence-electron chi connectivity index (χ2n) is 6.84. The minimum absolute atomic E-state index is 0.108. The Hall–Kier alpha value is -2.75. The second kappa shape index (κ2) is 8.56. The summed E-state index contributed by atoms with van der Waals surface area (Å²) in [4.78, 5) is 12.2. The van der Waals surface area contributed by atoms with E-state index in [0.29, 0.717) is 23.9 Å². The van der Waals surface area contributed by atoms with E-state index in [1.807, 2.05) is 49.4 Å². The lowest BCUT2D eigenvalue weighted by molar-refractivity contribution is -0.128. The van der Waals surface area contributed by atoms with Gasteiger partial charge in [0, 0.05) is 11.6 Å². The zero-order valence-corrected chi connectivity index (χ0v) is 16.0. The maximum absolute atomic E-state index is 12.2. The van der Waals surface area contributed by atoms with Gasteiger partial charge < -0.3 is 14.2 Å². The van der Waals surface area contributed by atoms with Crippen molar-refractivity contribution in [3.05, 3.63) is 59.7 Å². The SMILES string of the molecule is CCOc1ccc(/C=C/C(=O)Oc2ccccc2C(C)(C)C)cc1OC. The van der Waals surface area contributed by atoms with Gasteiger partial charge in [-0.2, -0.15) is 0 Å². The van der Waals surface area contributed by atoms with Gasteiger partial charge in [-0.1, -0.05) is 45.0 Å². The van der Waals surface area contributed by atoms with E-state index in [0.717, 1.165) is 11.1 Å². The first-order valence-electron chi connectivity index (χ1n) is 8.65. The van der Waals surface area contributed by atoms with E-state index in [1.165, 1.54) is 6.08 Å². The van der Waals surface area contributed by atoms with Gasteiger partial charge in [0.2, 0.25) is 0 Å².